The Morgan fingerprint density at radius 3 is 1.68 bits per heavy atom. The molecule has 0 atom stereocenters. The van der Waals surface area contributed by atoms with Crippen LogP contribution in [0.5, 0.6) is 0 Å². The molecule has 0 amide bonds. The summed E-state index contributed by atoms with van der Waals surface area (Å²) < 4.78 is 5.74. The Morgan fingerprint density at radius 1 is 0.682 bits per heavy atom. The summed E-state index contributed by atoms with van der Waals surface area (Å²) >= 11 is 9.53. The van der Waals surface area contributed by atoms with Crippen LogP contribution in [0, 0.1) is 3.57 Å². The smallest absolute Gasteiger partial charge is 0.0552 e. The molecule has 0 N–H and O–H groups in total. The number of benzene rings is 3. The first kappa shape index (κ1) is 14.7. The second-order valence-corrected chi connectivity index (χ2v) is 8.21. The molecule has 0 saturated heterocycles. The van der Waals surface area contributed by atoms with Crippen molar-refractivity contribution in [3.05, 3.63) is 73.2 Å². The van der Waals surface area contributed by atoms with Crippen molar-refractivity contribution in [1.82, 2.24) is 4.57 Å². The second kappa shape index (κ2) is 5.65. The quantitative estimate of drug-likeness (QED) is 0.237. The lowest BCUT2D eigenvalue weighted by atomic mass is 10.2. The van der Waals surface area contributed by atoms with Gasteiger partial charge < -0.3 is 4.57 Å². The average molecular weight is 527 g/mol. The summed E-state index contributed by atoms with van der Waals surface area (Å²) in [6, 6.07) is 21.5. The molecule has 0 bridgehead atoms. The van der Waals surface area contributed by atoms with E-state index in [2.05, 4.69) is 120 Å². The molecule has 0 spiro atoms. The minimum absolute atomic E-state index is 1.09. The average Bonchev–Trinajstić information content (AvgIpc) is 2.80. The predicted octanol–water partition coefficient (Wildman–Crippen LogP) is 6.91. The van der Waals surface area contributed by atoms with Crippen molar-refractivity contribution in [1.29, 1.82) is 0 Å². The van der Waals surface area contributed by atoms with Crippen LogP contribution in [0.4, 0.5) is 0 Å². The van der Waals surface area contributed by atoms with Crippen molar-refractivity contribution in [3.8, 4) is 5.69 Å². The molecule has 0 aliphatic heterocycles. The molecule has 4 aromatic rings. The van der Waals surface area contributed by atoms with Gasteiger partial charge in [0.25, 0.3) is 0 Å². The number of fused-ring (bicyclic) bond motifs is 3. The van der Waals surface area contributed by atoms with Crippen molar-refractivity contribution in [2.75, 3.05) is 0 Å². The highest BCUT2D eigenvalue weighted by atomic mass is 127. The molecule has 0 saturated carbocycles. The van der Waals surface area contributed by atoms with Gasteiger partial charge in [0, 0.05) is 29.0 Å². The standard InChI is InChI=1S/C18H10Br2IN/c19-11-1-7-15-16-8-2-12(20)10-18(16)22(17(15)9-11)14-5-3-13(21)4-6-14/h1-10H. The maximum atomic E-state index is 3.60. The van der Waals surface area contributed by atoms with E-state index in [4.69, 9.17) is 0 Å². The molecule has 4 rings (SSSR count). The number of rotatable bonds is 1. The number of aromatic nitrogens is 1. The fraction of sp³-hybridized carbons (Fsp3) is 0. The van der Waals surface area contributed by atoms with Crippen molar-refractivity contribution in [3.63, 3.8) is 0 Å². The van der Waals surface area contributed by atoms with Gasteiger partial charge in [-0.3, -0.25) is 0 Å². The first-order valence-corrected chi connectivity index (χ1v) is 9.45. The van der Waals surface area contributed by atoms with E-state index >= 15 is 0 Å². The molecule has 0 aliphatic carbocycles. The minimum atomic E-state index is 1.09. The summed E-state index contributed by atoms with van der Waals surface area (Å²) in [7, 11) is 0. The second-order valence-electron chi connectivity index (χ2n) is 5.13. The first-order valence-electron chi connectivity index (χ1n) is 6.79. The lowest BCUT2D eigenvalue weighted by Crippen LogP contribution is -1.93. The zero-order valence-corrected chi connectivity index (χ0v) is 16.7. The summed E-state index contributed by atoms with van der Waals surface area (Å²) in [6.07, 6.45) is 0. The minimum Gasteiger partial charge on any atom is -0.309 e. The van der Waals surface area contributed by atoms with Gasteiger partial charge in [0.1, 0.15) is 0 Å². The number of nitrogens with zero attached hydrogens (tertiary/aromatic N) is 1. The molecule has 0 radical (unpaired) electrons. The summed E-state index contributed by atoms with van der Waals surface area (Å²) in [4.78, 5) is 0. The predicted molar refractivity (Wildman–Crippen MR) is 109 cm³/mol. The highest BCUT2D eigenvalue weighted by molar-refractivity contribution is 14.1. The van der Waals surface area contributed by atoms with Gasteiger partial charge in [-0.1, -0.05) is 44.0 Å². The molecule has 0 fully saturated rings. The van der Waals surface area contributed by atoms with Gasteiger partial charge in [-0.2, -0.15) is 0 Å². The summed E-state index contributed by atoms with van der Waals surface area (Å²) in [5.74, 6) is 0. The van der Waals surface area contributed by atoms with Crippen molar-refractivity contribution >= 4 is 76.3 Å². The molecule has 108 valence electrons. The van der Waals surface area contributed by atoms with Crippen LogP contribution in [-0.2, 0) is 0 Å². The van der Waals surface area contributed by atoms with Gasteiger partial charge in [0.2, 0.25) is 0 Å². The van der Waals surface area contributed by atoms with Gasteiger partial charge in [0.15, 0.2) is 0 Å². The maximum absolute atomic E-state index is 3.60. The Hall–Kier alpha value is -0.850. The summed E-state index contributed by atoms with van der Waals surface area (Å²) in [5.41, 5.74) is 3.60. The van der Waals surface area contributed by atoms with Crippen LogP contribution in [0.25, 0.3) is 27.5 Å². The molecule has 1 heterocycles. The maximum Gasteiger partial charge on any atom is 0.0552 e. The third-order valence-corrected chi connectivity index (χ3v) is 5.48. The Bertz CT molecular complexity index is 944. The Labute approximate surface area is 158 Å². The van der Waals surface area contributed by atoms with Crippen LogP contribution in [0.1, 0.15) is 0 Å². The van der Waals surface area contributed by atoms with Crippen molar-refractivity contribution < 1.29 is 0 Å². The molecule has 3 aromatic carbocycles. The van der Waals surface area contributed by atoms with Gasteiger partial charge >= 0.3 is 0 Å². The highest BCUT2D eigenvalue weighted by Gasteiger charge is 2.12. The molecular weight excluding hydrogens is 517 g/mol. The Balaban J connectivity index is 2.19. The fourth-order valence-electron chi connectivity index (χ4n) is 2.83. The van der Waals surface area contributed by atoms with Crippen molar-refractivity contribution in [2.24, 2.45) is 0 Å². The summed E-state index contributed by atoms with van der Waals surface area (Å²) in [6.45, 7) is 0. The topological polar surface area (TPSA) is 4.93 Å². The Morgan fingerprint density at radius 2 is 1.18 bits per heavy atom. The van der Waals surface area contributed by atoms with Gasteiger partial charge in [-0.15, -0.1) is 0 Å². The summed E-state index contributed by atoms with van der Waals surface area (Å²) in [5, 5.41) is 2.54. The van der Waals surface area contributed by atoms with E-state index in [1.165, 1.54) is 31.1 Å². The SMILES string of the molecule is Brc1ccc2c3ccc(Br)cc3n(-c3ccc(I)cc3)c2c1. The van der Waals surface area contributed by atoms with Gasteiger partial charge in [-0.05, 0) is 71.1 Å². The normalized spacial score (nSPS) is 11.4. The fourth-order valence-corrected chi connectivity index (χ4v) is 3.89. The van der Waals surface area contributed by atoms with Crippen molar-refractivity contribution in [2.45, 2.75) is 0 Å². The number of hydrogen-bond acceptors (Lipinski definition) is 0. The zero-order valence-electron chi connectivity index (χ0n) is 11.4. The molecular formula is C18H10Br2IN. The third kappa shape index (κ3) is 2.41. The van der Waals surface area contributed by atoms with E-state index in [0.717, 1.165) is 8.95 Å². The van der Waals surface area contributed by atoms with Crippen LogP contribution in [-0.4, -0.2) is 4.57 Å². The van der Waals surface area contributed by atoms with Crippen LogP contribution >= 0.6 is 54.5 Å². The lowest BCUT2D eigenvalue weighted by Gasteiger charge is -2.08. The highest BCUT2D eigenvalue weighted by Crippen LogP contribution is 2.35. The van der Waals surface area contributed by atoms with E-state index in [-0.39, 0.29) is 0 Å². The van der Waals surface area contributed by atoms with E-state index in [0.29, 0.717) is 0 Å². The van der Waals surface area contributed by atoms with Crippen LogP contribution in [0.15, 0.2) is 69.6 Å². The molecule has 0 aliphatic rings. The van der Waals surface area contributed by atoms with E-state index in [9.17, 15) is 0 Å². The van der Waals surface area contributed by atoms with Crippen LogP contribution in [0.3, 0.4) is 0 Å². The monoisotopic (exact) mass is 525 g/mol. The molecule has 0 unspecified atom stereocenters. The molecule has 22 heavy (non-hydrogen) atoms. The Kier molecular flexibility index (Phi) is 3.78. The first-order chi connectivity index (χ1) is 10.6. The lowest BCUT2D eigenvalue weighted by molar-refractivity contribution is 1.18. The van der Waals surface area contributed by atoms with Crippen LogP contribution in [0.2, 0.25) is 0 Å². The van der Waals surface area contributed by atoms with E-state index < -0.39 is 0 Å². The number of halogens is 3. The zero-order chi connectivity index (χ0) is 15.3. The van der Waals surface area contributed by atoms with Gasteiger partial charge in [-0.25, -0.2) is 0 Å². The largest absolute Gasteiger partial charge is 0.309 e. The van der Waals surface area contributed by atoms with Gasteiger partial charge in [0.05, 0.1) is 11.0 Å². The number of hydrogen-bond donors (Lipinski definition) is 0. The van der Waals surface area contributed by atoms with E-state index in [1.807, 2.05) is 0 Å². The van der Waals surface area contributed by atoms with E-state index in [1.54, 1.807) is 0 Å². The molecule has 1 nitrogen and oxygen atoms in total. The van der Waals surface area contributed by atoms with Crippen LogP contribution < -0.4 is 0 Å². The molecule has 1 aromatic heterocycles. The third-order valence-electron chi connectivity index (χ3n) is 3.78. The molecule has 4 heteroatoms.